The minimum absolute atomic E-state index is 0.172. The molecule has 74 valence electrons. The summed E-state index contributed by atoms with van der Waals surface area (Å²) in [6.07, 6.45) is 8.00. The first-order valence-electron chi connectivity index (χ1n) is 4.71. The number of aromatic nitrogens is 2. The molecule has 0 aliphatic heterocycles. The van der Waals surface area contributed by atoms with Gasteiger partial charge in [0.25, 0.3) is 0 Å². The molecule has 1 aliphatic rings. The molecule has 4 heteroatoms. The molecule has 1 N–H and O–H groups in total. The van der Waals surface area contributed by atoms with Gasteiger partial charge in [-0.3, -0.25) is 14.8 Å². The molecule has 1 saturated carbocycles. The third kappa shape index (κ3) is 1.47. The van der Waals surface area contributed by atoms with Gasteiger partial charge in [-0.1, -0.05) is 6.42 Å². The highest BCUT2D eigenvalue weighted by atomic mass is 16.4. The van der Waals surface area contributed by atoms with Crippen molar-refractivity contribution in [3.63, 3.8) is 0 Å². The standard InChI is InChI=1S/C10H12N2O2/c13-9(14)6-10(2-1-3-10)8-7-11-4-5-12-8/h4-5,7H,1-3,6H2,(H,13,14). The fraction of sp³-hybridized carbons (Fsp3) is 0.500. The molecule has 0 unspecified atom stereocenters. The molecule has 1 aromatic rings. The minimum Gasteiger partial charge on any atom is -0.481 e. The lowest BCUT2D eigenvalue weighted by Crippen LogP contribution is -2.37. The van der Waals surface area contributed by atoms with E-state index in [2.05, 4.69) is 9.97 Å². The highest BCUT2D eigenvalue weighted by Gasteiger charge is 2.41. The first-order valence-corrected chi connectivity index (χ1v) is 4.71. The van der Waals surface area contributed by atoms with E-state index in [0.717, 1.165) is 25.0 Å². The van der Waals surface area contributed by atoms with Crippen LogP contribution in [0.4, 0.5) is 0 Å². The number of carboxylic acid groups (broad SMARTS) is 1. The first kappa shape index (κ1) is 9.12. The quantitative estimate of drug-likeness (QED) is 0.785. The predicted molar refractivity (Wildman–Crippen MR) is 49.8 cm³/mol. The summed E-state index contributed by atoms with van der Waals surface area (Å²) < 4.78 is 0. The number of carboxylic acids is 1. The Bertz CT molecular complexity index is 333. The third-order valence-electron chi connectivity index (χ3n) is 2.91. The van der Waals surface area contributed by atoms with Crippen molar-refractivity contribution in [2.75, 3.05) is 0 Å². The van der Waals surface area contributed by atoms with E-state index >= 15 is 0 Å². The van der Waals surface area contributed by atoms with Crippen LogP contribution in [-0.2, 0) is 10.2 Å². The maximum Gasteiger partial charge on any atom is 0.304 e. The molecule has 0 bridgehead atoms. The maximum atomic E-state index is 10.7. The van der Waals surface area contributed by atoms with E-state index in [1.54, 1.807) is 18.6 Å². The summed E-state index contributed by atoms with van der Waals surface area (Å²) in [5.41, 5.74) is 0.591. The summed E-state index contributed by atoms with van der Waals surface area (Å²) in [7, 11) is 0. The molecule has 4 nitrogen and oxygen atoms in total. The molecule has 1 fully saturated rings. The van der Waals surface area contributed by atoms with Crippen LogP contribution in [0.5, 0.6) is 0 Å². The molecular weight excluding hydrogens is 180 g/mol. The van der Waals surface area contributed by atoms with Crippen LogP contribution in [0.1, 0.15) is 31.4 Å². The van der Waals surface area contributed by atoms with Gasteiger partial charge in [-0.05, 0) is 12.8 Å². The van der Waals surface area contributed by atoms with Crippen LogP contribution in [0.3, 0.4) is 0 Å². The fourth-order valence-corrected chi connectivity index (χ4v) is 1.99. The lowest BCUT2D eigenvalue weighted by atomic mass is 9.64. The Morgan fingerprint density at radius 3 is 2.71 bits per heavy atom. The van der Waals surface area contributed by atoms with Crippen molar-refractivity contribution in [3.05, 3.63) is 24.3 Å². The fourth-order valence-electron chi connectivity index (χ4n) is 1.99. The highest BCUT2D eigenvalue weighted by Crippen LogP contribution is 2.45. The number of rotatable bonds is 3. The van der Waals surface area contributed by atoms with Crippen LogP contribution in [-0.4, -0.2) is 21.0 Å². The van der Waals surface area contributed by atoms with E-state index in [1.807, 2.05) is 0 Å². The molecule has 1 aliphatic carbocycles. The lowest BCUT2D eigenvalue weighted by Gasteiger charge is -2.39. The van der Waals surface area contributed by atoms with E-state index in [9.17, 15) is 4.79 Å². The van der Waals surface area contributed by atoms with Crippen LogP contribution in [0.15, 0.2) is 18.6 Å². The molecule has 0 atom stereocenters. The van der Waals surface area contributed by atoms with Gasteiger partial charge >= 0.3 is 5.97 Å². The molecule has 1 aromatic heterocycles. The molecule has 0 radical (unpaired) electrons. The smallest absolute Gasteiger partial charge is 0.304 e. The van der Waals surface area contributed by atoms with Crippen LogP contribution < -0.4 is 0 Å². The Kier molecular flexibility index (Phi) is 2.19. The molecule has 0 saturated heterocycles. The van der Waals surface area contributed by atoms with Gasteiger partial charge in [0.05, 0.1) is 12.1 Å². The number of hydrogen-bond acceptors (Lipinski definition) is 3. The van der Waals surface area contributed by atoms with E-state index in [4.69, 9.17) is 5.11 Å². The second kappa shape index (κ2) is 3.36. The number of nitrogens with zero attached hydrogens (tertiary/aromatic N) is 2. The molecule has 14 heavy (non-hydrogen) atoms. The Balaban J connectivity index is 2.25. The molecule has 0 spiro atoms. The van der Waals surface area contributed by atoms with Gasteiger partial charge in [0, 0.05) is 24.0 Å². The van der Waals surface area contributed by atoms with Crippen LogP contribution in [0.25, 0.3) is 0 Å². The predicted octanol–water partition coefficient (Wildman–Crippen LogP) is 1.37. The van der Waals surface area contributed by atoms with E-state index in [-0.39, 0.29) is 11.8 Å². The maximum absolute atomic E-state index is 10.7. The highest BCUT2D eigenvalue weighted by molar-refractivity contribution is 5.69. The summed E-state index contributed by atoms with van der Waals surface area (Å²) in [5.74, 6) is -0.754. The zero-order chi connectivity index (χ0) is 10.0. The van der Waals surface area contributed by atoms with Gasteiger partial charge in [-0.25, -0.2) is 0 Å². The van der Waals surface area contributed by atoms with Crippen molar-refractivity contribution in [3.8, 4) is 0 Å². The molecule has 0 aromatic carbocycles. The van der Waals surface area contributed by atoms with Crippen molar-refractivity contribution in [2.45, 2.75) is 31.1 Å². The molecule has 0 amide bonds. The van der Waals surface area contributed by atoms with Gasteiger partial charge in [0.1, 0.15) is 0 Å². The Hall–Kier alpha value is -1.45. The van der Waals surface area contributed by atoms with Gasteiger partial charge in [0.15, 0.2) is 0 Å². The Morgan fingerprint density at radius 2 is 2.29 bits per heavy atom. The number of hydrogen-bond donors (Lipinski definition) is 1. The third-order valence-corrected chi connectivity index (χ3v) is 2.91. The number of carbonyl (C=O) groups is 1. The van der Waals surface area contributed by atoms with Gasteiger partial charge in [0.2, 0.25) is 0 Å². The second-order valence-corrected chi connectivity index (χ2v) is 3.80. The van der Waals surface area contributed by atoms with Crippen molar-refractivity contribution in [1.29, 1.82) is 0 Å². The SMILES string of the molecule is O=C(O)CC1(c2cnccn2)CCC1. The van der Waals surface area contributed by atoms with Crippen molar-refractivity contribution >= 4 is 5.97 Å². The summed E-state index contributed by atoms with van der Waals surface area (Å²) in [4.78, 5) is 18.9. The monoisotopic (exact) mass is 192 g/mol. The van der Waals surface area contributed by atoms with Gasteiger partial charge < -0.3 is 5.11 Å². The van der Waals surface area contributed by atoms with E-state index in [0.29, 0.717) is 0 Å². The minimum atomic E-state index is -0.754. The summed E-state index contributed by atoms with van der Waals surface area (Å²) >= 11 is 0. The normalized spacial score (nSPS) is 18.6. The largest absolute Gasteiger partial charge is 0.481 e. The van der Waals surface area contributed by atoms with Gasteiger partial charge in [-0.15, -0.1) is 0 Å². The second-order valence-electron chi connectivity index (χ2n) is 3.80. The average Bonchev–Trinajstić information content (AvgIpc) is 2.12. The van der Waals surface area contributed by atoms with Crippen molar-refractivity contribution < 1.29 is 9.90 Å². The van der Waals surface area contributed by atoms with Gasteiger partial charge in [-0.2, -0.15) is 0 Å². The zero-order valence-electron chi connectivity index (χ0n) is 7.81. The van der Waals surface area contributed by atoms with Crippen LogP contribution in [0, 0.1) is 0 Å². The number of aliphatic carboxylic acids is 1. The van der Waals surface area contributed by atoms with Crippen LogP contribution in [0.2, 0.25) is 0 Å². The first-order chi connectivity index (χ1) is 6.73. The summed E-state index contributed by atoms with van der Waals surface area (Å²) in [5, 5.41) is 8.83. The van der Waals surface area contributed by atoms with Crippen molar-refractivity contribution in [1.82, 2.24) is 9.97 Å². The topological polar surface area (TPSA) is 63.1 Å². The van der Waals surface area contributed by atoms with E-state index < -0.39 is 5.97 Å². The molecular formula is C10H12N2O2. The Labute approximate surface area is 82.0 Å². The summed E-state index contributed by atoms with van der Waals surface area (Å²) in [6.45, 7) is 0. The molecule has 2 rings (SSSR count). The van der Waals surface area contributed by atoms with Crippen LogP contribution >= 0.6 is 0 Å². The molecule has 1 heterocycles. The zero-order valence-corrected chi connectivity index (χ0v) is 7.81. The summed E-state index contributed by atoms with van der Waals surface area (Å²) in [6, 6.07) is 0. The van der Waals surface area contributed by atoms with Crippen molar-refractivity contribution in [2.24, 2.45) is 0 Å². The lowest BCUT2D eigenvalue weighted by molar-refractivity contribution is -0.139. The Morgan fingerprint density at radius 1 is 1.50 bits per heavy atom. The average molecular weight is 192 g/mol. The van der Waals surface area contributed by atoms with E-state index in [1.165, 1.54) is 0 Å².